The minimum atomic E-state index is -4.02. The van der Waals surface area contributed by atoms with Crippen LogP contribution in [0, 0.1) is 0 Å². The third-order valence-corrected chi connectivity index (χ3v) is 8.08. The van der Waals surface area contributed by atoms with Crippen LogP contribution in [0.2, 0.25) is 0 Å². The Morgan fingerprint density at radius 1 is 0.765 bits per heavy atom. The van der Waals surface area contributed by atoms with E-state index in [4.69, 9.17) is 13.2 Å². The van der Waals surface area contributed by atoms with E-state index in [1.807, 2.05) is 95.9 Å². The van der Waals surface area contributed by atoms with Crippen LogP contribution in [0.3, 0.4) is 0 Å². The maximum atomic E-state index is 13.7. The molecule has 0 unspecified atom stereocenters. The van der Waals surface area contributed by atoms with Gasteiger partial charge in [-0.05, 0) is 16.7 Å². The van der Waals surface area contributed by atoms with Gasteiger partial charge in [-0.1, -0.05) is 91.0 Å². The highest BCUT2D eigenvalue weighted by atomic mass is 32.2. The summed E-state index contributed by atoms with van der Waals surface area (Å²) in [4.78, 5) is 2.03. The molecular weight excluding hydrogens is 473 g/mol. The van der Waals surface area contributed by atoms with Gasteiger partial charge in [-0.15, -0.1) is 0 Å². The van der Waals surface area contributed by atoms with Crippen molar-refractivity contribution in [2.24, 2.45) is 0 Å². The predicted molar refractivity (Wildman–Crippen MR) is 133 cm³/mol. The fourth-order valence-corrected chi connectivity index (χ4v) is 6.46. The second-order valence-electron chi connectivity index (χ2n) is 7.83. The summed E-state index contributed by atoms with van der Waals surface area (Å²) in [6.07, 6.45) is 0.927. The molecule has 34 heavy (non-hydrogen) atoms. The van der Waals surface area contributed by atoms with Crippen LogP contribution in [0.5, 0.6) is 0 Å². The lowest BCUT2D eigenvalue weighted by Gasteiger charge is -2.38. The Morgan fingerprint density at radius 3 is 1.56 bits per heavy atom. The summed E-state index contributed by atoms with van der Waals surface area (Å²) in [6, 6.07) is 28.0. The number of nitrogens with zero attached hydrogens (tertiary/aromatic N) is 1. The molecule has 3 aromatic carbocycles. The van der Waals surface area contributed by atoms with E-state index >= 15 is 0 Å². The molecule has 0 bridgehead atoms. The first-order valence-corrected chi connectivity index (χ1v) is 14.1. The predicted octanol–water partition coefficient (Wildman–Crippen LogP) is 5.22. The Morgan fingerprint density at radius 2 is 1.18 bits per heavy atom. The average Bonchev–Trinajstić information content (AvgIpc) is 2.84. The fraction of sp³-hybridized carbons (Fsp3) is 0.280. The highest BCUT2D eigenvalue weighted by molar-refractivity contribution is 7.86. The summed E-state index contributed by atoms with van der Waals surface area (Å²) in [5.41, 5.74) is 2.72. The van der Waals surface area contributed by atoms with Crippen molar-refractivity contribution in [3.05, 3.63) is 108 Å². The normalized spacial score (nSPS) is 14.1. The molecule has 0 spiro atoms. The molecule has 182 valence electrons. The maximum absolute atomic E-state index is 13.7. The van der Waals surface area contributed by atoms with E-state index < -0.39 is 29.6 Å². The lowest BCUT2D eigenvalue weighted by molar-refractivity contribution is 0.0789. The molecule has 9 heteroatoms. The number of benzene rings is 3. The highest BCUT2D eigenvalue weighted by Crippen LogP contribution is 2.58. The largest absolute Gasteiger partial charge is 0.362 e. The molecule has 7 nitrogen and oxygen atoms in total. The van der Waals surface area contributed by atoms with Gasteiger partial charge in [0, 0.05) is 27.3 Å². The summed E-state index contributed by atoms with van der Waals surface area (Å²) >= 11 is 0. The molecular formula is C25H30NO6PS. The van der Waals surface area contributed by atoms with Crippen LogP contribution in [0.4, 0.5) is 0 Å². The van der Waals surface area contributed by atoms with Crippen LogP contribution in [0.1, 0.15) is 22.7 Å². The van der Waals surface area contributed by atoms with Gasteiger partial charge >= 0.3 is 7.60 Å². The third kappa shape index (κ3) is 7.09. The number of hydrogen-bond donors (Lipinski definition) is 0. The van der Waals surface area contributed by atoms with E-state index in [1.54, 1.807) is 0 Å². The fourth-order valence-electron chi connectivity index (χ4n) is 3.83. The monoisotopic (exact) mass is 503 g/mol. The van der Waals surface area contributed by atoms with Crippen molar-refractivity contribution in [3.63, 3.8) is 0 Å². The van der Waals surface area contributed by atoms with Gasteiger partial charge in [-0.2, -0.15) is 8.42 Å². The lowest BCUT2D eigenvalue weighted by Crippen LogP contribution is -2.39. The first kappa shape index (κ1) is 26.3. The third-order valence-electron chi connectivity index (χ3n) is 5.36. The first-order valence-electron chi connectivity index (χ1n) is 10.7. The molecule has 0 aliphatic carbocycles. The molecule has 0 aliphatic rings. The van der Waals surface area contributed by atoms with Crippen LogP contribution < -0.4 is 0 Å². The van der Waals surface area contributed by atoms with Gasteiger partial charge in [-0.3, -0.25) is 13.6 Å². The lowest BCUT2D eigenvalue weighted by atomic mass is 10.0. The standard InChI is InChI=1S/C25H30NO6PS/c1-30-33(27,31-2)25(32-34(3,28)29)24(23-17-11-6-12-18-23)26(19-21-13-7-4-8-14-21)20-22-15-9-5-10-16-22/h4-18,24-25H,19-20H2,1-3H3/t24-,25+/m1/s1. The minimum Gasteiger partial charge on any atom is -0.310 e. The molecule has 0 N–H and O–H groups in total. The SMILES string of the molecule is COP(=O)(OC)[C@H](OS(C)(=O)=O)[C@@H](c1ccccc1)N(Cc1ccccc1)Cc1ccccc1. The van der Waals surface area contributed by atoms with Crippen LogP contribution >= 0.6 is 7.60 Å². The molecule has 0 saturated heterocycles. The molecule has 2 atom stereocenters. The highest BCUT2D eigenvalue weighted by Gasteiger charge is 2.46. The van der Waals surface area contributed by atoms with Crippen LogP contribution in [0.15, 0.2) is 91.0 Å². The van der Waals surface area contributed by atoms with E-state index in [0.29, 0.717) is 13.1 Å². The molecule has 0 fully saturated rings. The van der Waals surface area contributed by atoms with Gasteiger partial charge in [0.05, 0.1) is 12.3 Å². The smallest absolute Gasteiger partial charge is 0.310 e. The van der Waals surface area contributed by atoms with E-state index in [1.165, 1.54) is 14.2 Å². The number of hydrogen-bond acceptors (Lipinski definition) is 7. The van der Waals surface area contributed by atoms with Crippen molar-refractivity contribution < 1.29 is 26.2 Å². The molecule has 0 heterocycles. The van der Waals surface area contributed by atoms with E-state index in [2.05, 4.69) is 0 Å². The second-order valence-corrected chi connectivity index (χ2v) is 11.7. The van der Waals surface area contributed by atoms with Gasteiger partial charge in [0.1, 0.15) is 0 Å². The van der Waals surface area contributed by atoms with E-state index in [0.717, 1.165) is 22.9 Å². The van der Waals surface area contributed by atoms with Crippen molar-refractivity contribution in [2.75, 3.05) is 20.5 Å². The zero-order valence-corrected chi connectivity index (χ0v) is 21.2. The molecule has 0 aromatic heterocycles. The molecule has 0 amide bonds. The Balaban J connectivity index is 2.19. The van der Waals surface area contributed by atoms with Crippen molar-refractivity contribution in [1.29, 1.82) is 0 Å². The Hall–Kier alpha value is -2.32. The Kier molecular flexibility index (Phi) is 9.19. The summed E-state index contributed by atoms with van der Waals surface area (Å²) < 4.78 is 54.3. The quantitative estimate of drug-likeness (QED) is 0.248. The summed E-state index contributed by atoms with van der Waals surface area (Å²) in [5, 5.41) is 0. The van der Waals surface area contributed by atoms with Gasteiger partial charge in [-0.25, -0.2) is 0 Å². The molecule has 3 aromatic rings. The van der Waals surface area contributed by atoms with Gasteiger partial charge in [0.15, 0.2) is 5.85 Å². The van der Waals surface area contributed by atoms with Crippen molar-refractivity contribution >= 4 is 17.7 Å². The summed E-state index contributed by atoms with van der Waals surface area (Å²) in [7, 11) is -5.58. The van der Waals surface area contributed by atoms with Crippen molar-refractivity contribution in [1.82, 2.24) is 4.90 Å². The topological polar surface area (TPSA) is 82.1 Å². The summed E-state index contributed by atoms with van der Waals surface area (Å²) in [6.45, 7) is 0.874. The number of rotatable bonds is 12. The molecule has 3 rings (SSSR count). The van der Waals surface area contributed by atoms with Crippen molar-refractivity contribution in [3.8, 4) is 0 Å². The van der Waals surface area contributed by atoms with Crippen LogP contribution in [0.25, 0.3) is 0 Å². The minimum absolute atomic E-state index is 0.437. The maximum Gasteiger partial charge on any atom is 0.362 e. The van der Waals surface area contributed by atoms with Crippen molar-refractivity contribution in [2.45, 2.75) is 25.0 Å². The molecule has 0 radical (unpaired) electrons. The van der Waals surface area contributed by atoms with E-state index in [-0.39, 0.29) is 0 Å². The zero-order chi connectivity index (χ0) is 24.6. The Labute approximate surface area is 201 Å². The van der Waals surface area contributed by atoms with Gasteiger partial charge in [0.25, 0.3) is 10.1 Å². The van der Waals surface area contributed by atoms with Crippen LogP contribution in [-0.2, 0) is 41.0 Å². The van der Waals surface area contributed by atoms with Crippen LogP contribution in [-0.4, -0.2) is 39.6 Å². The first-order chi connectivity index (χ1) is 16.3. The van der Waals surface area contributed by atoms with Gasteiger partial charge < -0.3 is 9.05 Å². The molecule has 0 aliphatic heterocycles. The zero-order valence-electron chi connectivity index (χ0n) is 19.5. The Bertz CT molecular complexity index is 1130. The van der Waals surface area contributed by atoms with Gasteiger partial charge in [0.2, 0.25) is 0 Å². The molecule has 0 saturated carbocycles. The second kappa shape index (κ2) is 11.9. The summed E-state index contributed by atoms with van der Waals surface area (Å²) in [5.74, 6) is -1.44. The average molecular weight is 504 g/mol. The van der Waals surface area contributed by atoms with E-state index in [9.17, 15) is 13.0 Å².